The Kier molecular flexibility index (Phi) is 4.94. The maximum absolute atomic E-state index is 13.0. The van der Waals surface area contributed by atoms with Crippen molar-refractivity contribution in [1.29, 1.82) is 0 Å². The average Bonchev–Trinajstić information content (AvgIpc) is 2.59. The first-order valence-electron chi connectivity index (χ1n) is 7.97. The van der Waals surface area contributed by atoms with Crippen molar-refractivity contribution in [3.8, 4) is 0 Å². The van der Waals surface area contributed by atoms with Gasteiger partial charge in [-0.15, -0.1) is 0 Å². The molecule has 1 heterocycles. The highest BCUT2D eigenvalue weighted by Gasteiger charge is 2.33. The van der Waals surface area contributed by atoms with Gasteiger partial charge in [0.1, 0.15) is 0 Å². The molecule has 1 aliphatic heterocycles. The topological polar surface area (TPSA) is 53.2 Å². The number of hydrogen-bond donors (Lipinski definition) is 3. The quantitative estimate of drug-likeness (QED) is 0.791. The second-order valence-corrected chi connectivity index (χ2v) is 5.83. The summed E-state index contributed by atoms with van der Waals surface area (Å²) < 4.78 is 38.9. The van der Waals surface area contributed by atoms with Crippen molar-refractivity contribution in [2.45, 2.75) is 18.6 Å². The fourth-order valence-corrected chi connectivity index (χ4v) is 2.98. The number of anilines is 1. The molecule has 3 N–H and O–H groups in total. The lowest BCUT2D eigenvalue weighted by Gasteiger charge is -2.27. The fraction of sp³-hybridized carbons (Fsp3) is 0.278. The van der Waals surface area contributed by atoms with Crippen LogP contribution in [0, 0.1) is 0 Å². The number of fused-ring (bicyclic) bond motifs is 1. The molecule has 7 heteroatoms. The lowest BCUT2D eigenvalue weighted by atomic mass is 9.94. The highest BCUT2D eigenvalue weighted by Crippen LogP contribution is 2.34. The second-order valence-electron chi connectivity index (χ2n) is 5.83. The molecule has 4 nitrogen and oxygen atoms in total. The number of hydrogen-bond acceptors (Lipinski definition) is 2. The van der Waals surface area contributed by atoms with Gasteiger partial charge in [-0.05, 0) is 36.2 Å². The molecule has 0 radical (unpaired) electrons. The van der Waals surface area contributed by atoms with Crippen LogP contribution in [0.4, 0.5) is 23.7 Å². The Morgan fingerprint density at radius 1 is 1.12 bits per heavy atom. The molecule has 3 rings (SSSR count). The number of nitrogens with one attached hydrogen (secondary N) is 3. The Morgan fingerprint density at radius 2 is 1.84 bits per heavy atom. The van der Waals surface area contributed by atoms with Crippen LogP contribution in [0.1, 0.15) is 22.7 Å². The van der Waals surface area contributed by atoms with Gasteiger partial charge < -0.3 is 16.0 Å². The molecule has 0 saturated carbocycles. The predicted molar refractivity (Wildman–Crippen MR) is 89.4 cm³/mol. The summed E-state index contributed by atoms with van der Waals surface area (Å²) in [6.45, 7) is 1.08. The highest BCUT2D eigenvalue weighted by molar-refractivity contribution is 5.90. The van der Waals surface area contributed by atoms with Gasteiger partial charge in [-0.1, -0.05) is 36.4 Å². The summed E-state index contributed by atoms with van der Waals surface area (Å²) in [6.07, 6.45) is -3.61. The number of rotatable bonds is 3. The number of amides is 2. The van der Waals surface area contributed by atoms with E-state index < -0.39 is 17.8 Å². The first kappa shape index (κ1) is 17.3. The van der Waals surface area contributed by atoms with Crippen LogP contribution < -0.4 is 16.0 Å². The number of alkyl halides is 3. The van der Waals surface area contributed by atoms with Gasteiger partial charge in [-0.2, -0.15) is 13.2 Å². The van der Waals surface area contributed by atoms with Crippen LogP contribution in [-0.4, -0.2) is 19.1 Å². The number of halogens is 3. The molecular weight excluding hydrogens is 331 g/mol. The van der Waals surface area contributed by atoms with E-state index in [1.54, 1.807) is 0 Å². The van der Waals surface area contributed by atoms with Gasteiger partial charge in [0, 0.05) is 12.6 Å². The normalized spacial score (nSPS) is 16.8. The lowest BCUT2D eigenvalue weighted by molar-refractivity contribution is -0.136. The van der Waals surface area contributed by atoms with E-state index in [1.165, 1.54) is 23.8 Å². The number of benzene rings is 2. The lowest BCUT2D eigenvalue weighted by Crippen LogP contribution is -2.40. The monoisotopic (exact) mass is 349 g/mol. The molecule has 1 atom stereocenters. The van der Waals surface area contributed by atoms with E-state index in [-0.39, 0.29) is 18.3 Å². The zero-order chi connectivity index (χ0) is 17.9. The van der Waals surface area contributed by atoms with Crippen molar-refractivity contribution in [2.75, 3.05) is 18.4 Å². The molecule has 1 unspecified atom stereocenters. The summed E-state index contributed by atoms with van der Waals surface area (Å²) in [6, 6.07) is 12.1. The van der Waals surface area contributed by atoms with Crippen LogP contribution in [0.25, 0.3) is 0 Å². The Balaban J connectivity index is 1.64. The molecule has 0 aromatic heterocycles. The molecule has 0 aliphatic carbocycles. The Hall–Kier alpha value is -2.54. The summed E-state index contributed by atoms with van der Waals surface area (Å²) in [4.78, 5) is 12.0. The Morgan fingerprint density at radius 3 is 2.64 bits per heavy atom. The summed E-state index contributed by atoms with van der Waals surface area (Å²) >= 11 is 0. The molecule has 2 aromatic carbocycles. The zero-order valence-corrected chi connectivity index (χ0v) is 13.4. The SMILES string of the molecule is O=C(NCC1NCCc2ccccc21)Nc1ccccc1C(F)(F)F. The minimum absolute atomic E-state index is 0.0615. The standard InChI is InChI=1S/C18H18F3N3O/c19-18(20,21)14-7-3-4-8-15(14)24-17(25)23-11-16-13-6-2-1-5-12(13)9-10-22-16/h1-8,16,22H,9-11H2,(H2,23,24,25). The number of urea groups is 1. The van der Waals surface area contributed by atoms with Crippen molar-refractivity contribution in [1.82, 2.24) is 10.6 Å². The zero-order valence-electron chi connectivity index (χ0n) is 13.4. The first-order valence-corrected chi connectivity index (χ1v) is 7.97. The summed E-state index contributed by atoms with van der Waals surface area (Å²) in [5.41, 5.74) is 1.19. The van der Waals surface area contributed by atoms with Crippen LogP contribution in [0.2, 0.25) is 0 Å². The molecule has 0 bridgehead atoms. The average molecular weight is 349 g/mol. The van der Waals surface area contributed by atoms with Crippen LogP contribution in [0.5, 0.6) is 0 Å². The smallest absolute Gasteiger partial charge is 0.336 e. The van der Waals surface area contributed by atoms with Gasteiger partial charge >= 0.3 is 12.2 Å². The van der Waals surface area contributed by atoms with Gasteiger partial charge in [0.15, 0.2) is 0 Å². The first-order chi connectivity index (χ1) is 11.9. The van der Waals surface area contributed by atoms with E-state index >= 15 is 0 Å². The van der Waals surface area contributed by atoms with Crippen LogP contribution >= 0.6 is 0 Å². The molecular formula is C18H18F3N3O. The third-order valence-electron chi connectivity index (χ3n) is 4.16. The van der Waals surface area contributed by atoms with Crippen molar-refractivity contribution >= 4 is 11.7 Å². The van der Waals surface area contributed by atoms with Crippen LogP contribution in [0.15, 0.2) is 48.5 Å². The molecule has 25 heavy (non-hydrogen) atoms. The van der Waals surface area contributed by atoms with E-state index in [2.05, 4.69) is 16.0 Å². The largest absolute Gasteiger partial charge is 0.418 e. The molecule has 0 spiro atoms. The van der Waals surface area contributed by atoms with Gasteiger partial charge in [0.2, 0.25) is 0 Å². The maximum atomic E-state index is 13.0. The summed E-state index contributed by atoms with van der Waals surface area (Å²) in [5.74, 6) is 0. The van der Waals surface area contributed by atoms with E-state index in [0.29, 0.717) is 0 Å². The third kappa shape index (κ3) is 4.11. The minimum atomic E-state index is -4.52. The highest BCUT2D eigenvalue weighted by atomic mass is 19.4. The Bertz CT molecular complexity index is 761. The van der Waals surface area contributed by atoms with Gasteiger partial charge in [-0.25, -0.2) is 4.79 Å². The maximum Gasteiger partial charge on any atom is 0.418 e. The van der Waals surface area contributed by atoms with Crippen molar-refractivity contribution in [3.05, 3.63) is 65.2 Å². The molecule has 132 valence electrons. The summed E-state index contributed by atoms with van der Waals surface area (Å²) in [5, 5.41) is 8.23. The van der Waals surface area contributed by atoms with Gasteiger partial charge in [0.25, 0.3) is 0 Å². The third-order valence-corrected chi connectivity index (χ3v) is 4.16. The van der Waals surface area contributed by atoms with Gasteiger partial charge in [-0.3, -0.25) is 0 Å². The molecule has 0 saturated heterocycles. The molecule has 0 fully saturated rings. The van der Waals surface area contributed by atoms with E-state index in [1.807, 2.05) is 24.3 Å². The van der Waals surface area contributed by atoms with E-state index in [9.17, 15) is 18.0 Å². The van der Waals surface area contributed by atoms with Crippen LogP contribution in [-0.2, 0) is 12.6 Å². The molecule has 1 aliphatic rings. The van der Waals surface area contributed by atoms with E-state index in [4.69, 9.17) is 0 Å². The van der Waals surface area contributed by atoms with Crippen molar-refractivity contribution in [3.63, 3.8) is 0 Å². The number of carbonyl (C=O) groups is 1. The van der Waals surface area contributed by atoms with E-state index in [0.717, 1.165) is 24.6 Å². The van der Waals surface area contributed by atoms with Crippen molar-refractivity contribution in [2.24, 2.45) is 0 Å². The number of carbonyl (C=O) groups excluding carboxylic acids is 1. The summed E-state index contributed by atoms with van der Waals surface area (Å²) in [7, 11) is 0. The molecule has 2 aromatic rings. The molecule has 2 amide bonds. The second kappa shape index (κ2) is 7.14. The number of para-hydroxylation sites is 1. The van der Waals surface area contributed by atoms with Crippen molar-refractivity contribution < 1.29 is 18.0 Å². The van der Waals surface area contributed by atoms with Gasteiger partial charge in [0.05, 0.1) is 11.3 Å². The minimum Gasteiger partial charge on any atom is -0.336 e. The fourth-order valence-electron chi connectivity index (χ4n) is 2.98. The Labute approximate surface area is 143 Å². The van der Waals surface area contributed by atoms with Crippen LogP contribution in [0.3, 0.4) is 0 Å². The predicted octanol–water partition coefficient (Wildman–Crippen LogP) is 3.71.